The summed E-state index contributed by atoms with van der Waals surface area (Å²) in [5.74, 6) is 0.757. The molecular formula is C22H27F3N6S. The summed E-state index contributed by atoms with van der Waals surface area (Å²) in [6.07, 6.45) is 4.76. The molecule has 0 amide bonds. The largest absolute Gasteiger partial charge is 0.393 e. The summed E-state index contributed by atoms with van der Waals surface area (Å²) in [6, 6.07) is 2.36. The maximum atomic E-state index is 12.9. The number of hydrogen-bond acceptors (Lipinski definition) is 6. The summed E-state index contributed by atoms with van der Waals surface area (Å²) in [4.78, 5) is 11.8. The van der Waals surface area contributed by atoms with Crippen molar-refractivity contribution in [1.29, 1.82) is 0 Å². The molecule has 3 aromatic heterocycles. The van der Waals surface area contributed by atoms with Crippen LogP contribution in [-0.4, -0.2) is 45.1 Å². The molecule has 32 heavy (non-hydrogen) atoms. The van der Waals surface area contributed by atoms with Crippen LogP contribution in [0.25, 0.3) is 10.2 Å². The Morgan fingerprint density at radius 2 is 2.03 bits per heavy atom. The number of nitrogens with one attached hydrogen (secondary N) is 1. The highest BCUT2D eigenvalue weighted by Crippen LogP contribution is 2.35. The van der Waals surface area contributed by atoms with Gasteiger partial charge < -0.3 is 10.2 Å². The van der Waals surface area contributed by atoms with Crippen LogP contribution in [0.1, 0.15) is 54.3 Å². The minimum atomic E-state index is -4.22. The molecule has 0 unspecified atom stereocenters. The molecule has 1 aliphatic carbocycles. The summed E-state index contributed by atoms with van der Waals surface area (Å²) in [5, 5.41) is 9.05. The number of aryl methyl sites for hydroxylation is 1. The molecule has 4 heterocycles. The van der Waals surface area contributed by atoms with Gasteiger partial charge in [-0.15, -0.1) is 11.3 Å². The molecule has 1 fully saturated rings. The predicted octanol–water partition coefficient (Wildman–Crippen LogP) is 4.56. The minimum Gasteiger partial charge on any atom is -0.356 e. The average Bonchev–Trinajstić information content (AvgIpc) is 3.23. The van der Waals surface area contributed by atoms with Crippen molar-refractivity contribution in [2.75, 3.05) is 18.0 Å². The van der Waals surface area contributed by atoms with Crippen molar-refractivity contribution in [3.63, 3.8) is 0 Å². The minimum absolute atomic E-state index is 0.285. The SMILES string of the molecule is Cn1ncc2c1CCC[C@@H]2N[C@@H]1CCCN(c2ncnc3sc(CC(F)(F)F)cc23)CC1. The van der Waals surface area contributed by atoms with Crippen LogP contribution in [0, 0.1) is 0 Å². The van der Waals surface area contributed by atoms with Gasteiger partial charge in [0.25, 0.3) is 0 Å². The number of alkyl halides is 3. The highest BCUT2D eigenvalue weighted by molar-refractivity contribution is 7.18. The van der Waals surface area contributed by atoms with Gasteiger partial charge in [0.2, 0.25) is 0 Å². The number of halogens is 3. The molecule has 10 heteroatoms. The maximum Gasteiger partial charge on any atom is 0.393 e. The van der Waals surface area contributed by atoms with E-state index in [1.807, 2.05) is 17.9 Å². The van der Waals surface area contributed by atoms with E-state index in [9.17, 15) is 13.2 Å². The van der Waals surface area contributed by atoms with Gasteiger partial charge >= 0.3 is 6.18 Å². The highest BCUT2D eigenvalue weighted by atomic mass is 32.1. The Kier molecular flexibility index (Phi) is 5.83. The Morgan fingerprint density at radius 1 is 1.16 bits per heavy atom. The van der Waals surface area contributed by atoms with Gasteiger partial charge in [0, 0.05) is 48.4 Å². The third kappa shape index (κ3) is 4.47. The molecule has 0 spiro atoms. The highest BCUT2D eigenvalue weighted by Gasteiger charge is 2.30. The number of aromatic nitrogens is 4. The van der Waals surface area contributed by atoms with Gasteiger partial charge in [-0.1, -0.05) is 0 Å². The Bertz CT molecular complexity index is 1090. The molecule has 0 aromatic carbocycles. The van der Waals surface area contributed by atoms with Gasteiger partial charge in [0.05, 0.1) is 18.0 Å². The van der Waals surface area contributed by atoms with Crippen LogP contribution in [0.2, 0.25) is 0 Å². The number of thiophene rings is 1. The summed E-state index contributed by atoms with van der Waals surface area (Å²) < 4.78 is 40.6. The predicted molar refractivity (Wildman–Crippen MR) is 119 cm³/mol. The number of fused-ring (bicyclic) bond motifs is 2. The molecule has 172 valence electrons. The molecule has 0 bridgehead atoms. The zero-order chi connectivity index (χ0) is 22.3. The summed E-state index contributed by atoms with van der Waals surface area (Å²) in [7, 11) is 2.01. The van der Waals surface area contributed by atoms with Gasteiger partial charge in [-0.3, -0.25) is 4.68 Å². The second-order valence-electron chi connectivity index (χ2n) is 8.82. The van der Waals surface area contributed by atoms with Crippen LogP contribution < -0.4 is 10.2 Å². The van der Waals surface area contributed by atoms with Crippen molar-refractivity contribution in [2.24, 2.45) is 7.05 Å². The Morgan fingerprint density at radius 3 is 2.88 bits per heavy atom. The number of nitrogens with zero attached hydrogens (tertiary/aromatic N) is 5. The Hall–Kier alpha value is -2.20. The molecule has 1 N–H and O–H groups in total. The lowest BCUT2D eigenvalue weighted by Gasteiger charge is -2.28. The van der Waals surface area contributed by atoms with Crippen LogP contribution in [-0.2, 0) is 19.9 Å². The molecule has 1 aliphatic heterocycles. The number of rotatable bonds is 4. The van der Waals surface area contributed by atoms with Gasteiger partial charge in [-0.25, -0.2) is 9.97 Å². The van der Waals surface area contributed by atoms with Gasteiger partial charge in [0.1, 0.15) is 17.0 Å². The molecule has 2 atom stereocenters. The van der Waals surface area contributed by atoms with Gasteiger partial charge in [0.15, 0.2) is 0 Å². The van der Waals surface area contributed by atoms with Crippen LogP contribution in [0.4, 0.5) is 19.0 Å². The number of hydrogen-bond donors (Lipinski definition) is 1. The fourth-order valence-corrected chi connectivity index (χ4v) is 6.09. The smallest absolute Gasteiger partial charge is 0.356 e. The van der Waals surface area contributed by atoms with E-state index in [4.69, 9.17) is 0 Å². The molecule has 5 rings (SSSR count). The topological polar surface area (TPSA) is 58.9 Å². The average molecular weight is 465 g/mol. The van der Waals surface area contributed by atoms with Crippen molar-refractivity contribution < 1.29 is 13.2 Å². The Labute approximate surface area is 188 Å². The maximum absolute atomic E-state index is 12.9. The van der Waals surface area contributed by atoms with Crippen LogP contribution in [0.3, 0.4) is 0 Å². The summed E-state index contributed by atoms with van der Waals surface area (Å²) >= 11 is 1.11. The summed E-state index contributed by atoms with van der Waals surface area (Å²) in [6.45, 7) is 1.67. The van der Waals surface area contributed by atoms with Crippen molar-refractivity contribution in [3.8, 4) is 0 Å². The van der Waals surface area contributed by atoms with Crippen molar-refractivity contribution in [3.05, 3.63) is 34.7 Å². The van der Waals surface area contributed by atoms with Crippen LogP contribution in [0.5, 0.6) is 0 Å². The molecule has 0 radical (unpaired) electrons. The fourth-order valence-electron chi connectivity index (χ4n) is 5.07. The van der Waals surface area contributed by atoms with E-state index in [0.29, 0.717) is 16.9 Å². The quantitative estimate of drug-likeness (QED) is 0.614. The van der Waals surface area contributed by atoms with Crippen molar-refractivity contribution in [2.45, 2.75) is 63.2 Å². The zero-order valence-corrected chi connectivity index (χ0v) is 18.8. The lowest BCUT2D eigenvalue weighted by Crippen LogP contribution is -2.35. The molecular weight excluding hydrogens is 437 g/mol. The van der Waals surface area contributed by atoms with Crippen molar-refractivity contribution >= 4 is 27.4 Å². The van der Waals surface area contributed by atoms with E-state index < -0.39 is 12.6 Å². The molecule has 0 saturated carbocycles. The van der Waals surface area contributed by atoms with E-state index in [2.05, 4.69) is 25.3 Å². The lowest BCUT2D eigenvalue weighted by atomic mass is 9.92. The lowest BCUT2D eigenvalue weighted by molar-refractivity contribution is -0.126. The monoisotopic (exact) mass is 464 g/mol. The first-order chi connectivity index (χ1) is 15.4. The second kappa shape index (κ2) is 8.62. The first kappa shape index (κ1) is 21.6. The van der Waals surface area contributed by atoms with E-state index in [-0.39, 0.29) is 4.88 Å². The first-order valence-corrected chi connectivity index (χ1v) is 12.0. The zero-order valence-electron chi connectivity index (χ0n) is 18.0. The van der Waals surface area contributed by atoms with Crippen LogP contribution in [0.15, 0.2) is 18.6 Å². The molecule has 1 saturated heterocycles. The van der Waals surface area contributed by atoms with E-state index >= 15 is 0 Å². The summed E-state index contributed by atoms with van der Waals surface area (Å²) in [5.41, 5.74) is 2.66. The molecule has 6 nitrogen and oxygen atoms in total. The van der Waals surface area contributed by atoms with E-state index in [0.717, 1.165) is 67.7 Å². The first-order valence-electron chi connectivity index (χ1n) is 11.2. The van der Waals surface area contributed by atoms with Gasteiger partial charge in [-0.2, -0.15) is 18.3 Å². The van der Waals surface area contributed by atoms with Crippen molar-refractivity contribution in [1.82, 2.24) is 25.1 Å². The second-order valence-corrected chi connectivity index (χ2v) is 9.93. The number of anilines is 1. The van der Waals surface area contributed by atoms with E-state index in [1.54, 1.807) is 6.07 Å². The normalized spacial score (nSPS) is 22.2. The third-order valence-electron chi connectivity index (χ3n) is 6.57. The molecule has 3 aromatic rings. The Balaban J connectivity index is 1.29. The van der Waals surface area contributed by atoms with Gasteiger partial charge in [-0.05, 0) is 44.6 Å². The fraction of sp³-hybridized carbons (Fsp3) is 0.591. The van der Waals surface area contributed by atoms with E-state index in [1.165, 1.54) is 24.0 Å². The van der Waals surface area contributed by atoms with Crippen LogP contribution >= 0.6 is 11.3 Å². The third-order valence-corrected chi connectivity index (χ3v) is 7.62. The molecule has 2 aliphatic rings. The standard InChI is InChI=1S/C22H27F3N6S/c1-30-19-6-2-5-18(17(19)12-28-30)29-14-4-3-8-31(9-7-14)20-16-10-15(11-22(23,24)25)32-21(16)27-13-26-20/h10,12-14,18,29H,2-9,11H2,1H3/t14-,18+/m1/s1.